The van der Waals surface area contributed by atoms with Crippen molar-refractivity contribution in [2.45, 2.75) is 38.1 Å². The number of hydrogen-bond acceptors (Lipinski definition) is 3. The Balaban J connectivity index is 0.00000289. The first-order valence-corrected chi connectivity index (χ1v) is 6.19. The van der Waals surface area contributed by atoms with E-state index in [1.165, 1.54) is 0 Å². The predicted octanol–water partition coefficient (Wildman–Crippen LogP) is 0.115. The molecule has 3 amide bonds. The quantitative estimate of drug-likeness (QED) is 0.575. The highest BCUT2D eigenvalue weighted by Gasteiger charge is 2.42. The second-order valence-electron chi connectivity index (χ2n) is 4.32. The highest BCUT2D eigenvalue weighted by Crippen LogP contribution is 2.29. The fourth-order valence-electron chi connectivity index (χ4n) is 2.16. The molecule has 0 aliphatic heterocycles. The average molecular weight is 279 g/mol. The molecule has 1 aliphatic rings. The Morgan fingerprint density at radius 3 is 2.33 bits per heavy atom. The van der Waals surface area contributed by atoms with Crippen molar-refractivity contribution in [2.75, 3.05) is 19.6 Å². The second-order valence-corrected chi connectivity index (χ2v) is 4.32. The molecule has 0 saturated heterocycles. The van der Waals surface area contributed by atoms with Crippen LogP contribution in [0.1, 0.15) is 32.6 Å². The van der Waals surface area contributed by atoms with Gasteiger partial charge in [-0.2, -0.15) is 0 Å². The van der Waals surface area contributed by atoms with Crippen LogP contribution >= 0.6 is 12.4 Å². The number of carbonyl (C=O) groups is 2. The van der Waals surface area contributed by atoms with Crippen LogP contribution in [0.5, 0.6) is 0 Å². The van der Waals surface area contributed by atoms with Gasteiger partial charge in [0.05, 0.1) is 0 Å². The fourth-order valence-corrected chi connectivity index (χ4v) is 2.16. The zero-order chi connectivity index (χ0) is 12.7. The van der Waals surface area contributed by atoms with Crippen molar-refractivity contribution in [3.63, 3.8) is 0 Å². The van der Waals surface area contributed by atoms with Gasteiger partial charge in [0.25, 0.3) is 0 Å². The molecule has 0 aromatic heterocycles. The lowest BCUT2D eigenvalue weighted by Crippen LogP contribution is -2.59. The van der Waals surface area contributed by atoms with Crippen LogP contribution in [-0.2, 0) is 4.79 Å². The summed E-state index contributed by atoms with van der Waals surface area (Å²) in [4.78, 5) is 23.6. The number of hydrogen-bond donors (Lipinski definition) is 4. The van der Waals surface area contributed by atoms with Gasteiger partial charge in [0.1, 0.15) is 5.54 Å². The van der Waals surface area contributed by atoms with E-state index in [1.807, 2.05) is 6.92 Å². The lowest BCUT2D eigenvalue weighted by molar-refractivity contribution is -0.127. The van der Waals surface area contributed by atoms with Gasteiger partial charge in [-0.05, 0) is 19.8 Å². The van der Waals surface area contributed by atoms with Gasteiger partial charge in [0.15, 0.2) is 0 Å². The lowest BCUT2D eigenvalue weighted by atomic mass is 9.96. The molecule has 106 valence electrons. The van der Waals surface area contributed by atoms with Gasteiger partial charge in [-0.1, -0.05) is 12.8 Å². The van der Waals surface area contributed by atoms with Crippen LogP contribution in [0.3, 0.4) is 0 Å². The number of nitrogens with two attached hydrogens (primary N) is 1. The van der Waals surface area contributed by atoms with E-state index in [1.54, 1.807) is 0 Å². The maximum Gasteiger partial charge on any atom is 0.315 e. The van der Waals surface area contributed by atoms with Gasteiger partial charge in [-0.25, -0.2) is 4.79 Å². The average Bonchev–Trinajstić information content (AvgIpc) is 2.75. The normalized spacial score (nSPS) is 16.6. The third-order valence-electron chi connectivity index (χ3n) is 3.01. The third kappa shape index (κ3) is 4.34. The molecular formula is C11H23ClN4O2. The Morgan fingerprint density at radius 2 is 1.83 bits per heavy atom. The van der Waals surface area contributed by atoms with E-state index in [2.05, 4.69) is 16.0 Å². The number of carbonyl (C=O) groups excluding carboxylic acids is 2. The van der Waals surface area contributed by atoms with E-state index in [-0.39, 0.29) is 24.3 Å². The second kappa shape index (κ2) is 8.16. The molecule has 6 nitrogen and oxygen atoms in total. The number of rotatable bonds is 5. The zero-order valence-electron chi connectivity index (χ0n) is 10.8. The molecular weight excluding hydrogens is 256 g/mol. The summed E-state index contributed by atoms with van der Waals surface area (Å²) in [6.45, 7) is 3.24. The highest BCUT2D eigenvalue weighted by molar-refractivity contribution is 5.91. The maximum absolute atomic E-state index is 12.1. The molecule has 0 unspecified atom stereocenters. The smallest absolute Gasteiger partial charge is 0.315 e. The molecule has 0 radical (unpaired) electrons. The first-order chi connectivity index (χ1) is 8.14. The Morgan fingerprint density at radius 1 is 1.22 bits per heavy atom. The highest BCUT2D eigenvalue weighted by atomic mass is 35.5. The summed E-state index contributed by atoms with van der Waals surface area (Å²) in [7, 11) is 0. The molecule has 1 aliphatic carbocycles. The van der Waals surface area contributed by atoms with Crippen LogP contribution in [0.15, 0.2) is 0 Å². The molecule has 5 N–H and O–H groups in total. The lowest BCUT2D eigenvalue weighted by Gasteiger charge is -2.28. The summed E-state index contributed by atoms with van der Waals surface area (Å²) in [6, 6.07) is -0.280. The number of urea groups is 1. The minimum absolute atomic E-state index is 0. The summed E-state index contributed by atoms with van der Waals surface area (Å²) in [5, 5.41) is 8.21. The van der Waals surface area contributed by atoms with Crippen LogP contribution < -0.4 is 21.7 Å². The molecule has 0 heterocycles. The summed E-state index contributed by atoms with van der Waals surface area (Å²) < 4.78 is 0. The van der Waals surface area contributed by atoms with Crippen molar-refractivity contribution in [1.82, 2.24) is 16.0 Å². The van der Waals surface area contributed by atoms with E-state index in [0.29, 0.717) is 32.5 Å². The Hall–Kier alpha value is -1.01. The topological polar surface area (TPSA) is 96.2 Å². The van der Waals surface area contributed by atoms with Crippen molar-refractivity contribution in [2.24, 2.45) is 5.73 Å². The summed E-state index contributed by atoms with van der Waals surface area (Å²) in [5.41, 5.74) is 4.61. The van der Waals surface area contributed by atoms with Gasteiger partial charge in [-0.3, -0.25) is 4.79 Å². The van der Waals surface area contributed by atoms with Crippen LogP contribution in [0.25, 0.3) is 0 Å². The minimum atomic E-state index is -0.742. The molecule has 7 heteroatoms. The summed E-state index contributed by atoms with van der Waals surface area (Å²) in [6.07, 6.45) is 3.31. The number of amides is 3. The van der Waals surface area contributed by atoms with E-state index in [4.69, 9.17) is 5.73 Å². The first-order valence-electron chi connectivity index (χ1n) is 6.19. The summed E-state index contributed by atoms with van der Waals surface area (Å²) >= 11 is 0. The van der Waals surface area contributed by atoms with Crippen LogP contribution in [-0.4, -0.2) is 37.1 Å². The SMILES string of the molecule is CCNC(=O)NC1(C(=O)NCCN)CCCC1.Cl. The fraction of sp³-hybridized carbons (Fsp3) is 0.818. The van der Waals surface area contributed by atoms with Crippen molar-refractivity contribution >= 4 is 24.3 Å². The van der Waals surface area contributed by atoms with E-state index in [9.17, 15) is 9.59 Å². The third-order valence-corrected chi connectivity index (χ3v) is 3.01. The molecule has 1 rings (SSSR count). The van der Waals surface area contributed by atoms with Gasteiger partial charge in [0, 0.05) is 19.6 Å². The van der Waals surface area contributed by atoms with Crippen molar-refractivity contribution in [3.8, 4) is 0 Å². The molecule has 18 heavy (non-hydrogen) atoms. The monoisotopic (exact) mass is 278 g/mol. The molecule has 0 bridgehead atoms. The Kier molecular flexibility index (Phi) is 7.70. The molecule has 0 aromatic rings. The molecule has 0 aromatic carbocycles. The van der Waals surface area contributed by atoms with E-state index < -0.39 is 5.54 Å². The van der Waals surface area contributed by atoms with Crippen molar-refractivity contribution in [3.05, 3.63) is 0 Å². The van der Waals surface area contributed by atoms with Gasteiger partial charge in [0.2, 0.25) is 5.91 Å². The predicted molar refractivity (Wildman–Crippen MR) is 72.7 cm³/mol. The van der Waals surface area contributed by atoms with Crippen molar-refractivity contribution in [1.29, 1.82) is 0 Å². The maximum atomic E-state index is 12.1. The molecule has 0 spiro atoms. The minimum Gasteiger partial charge on any atom is -0.353 e. The molecule has 1 fully saturated rings. The van der Waals surface area contributed by atoms with Gasteiger partial charge >= 0.3 is 6.03 Å². The largest absolute Gasteiger partial charge is 0.353 e. The summed E-state index contributed by atoms with van der Waals surface area (Å²) in [5.74, 6) is -0.119. The number of halogens is 1. The van der Waals surface area contributed by atoms with Crippen LogP contribution in [0, 0.1) is 0 Å². The standard InChI is InChI=1S/C11H22N4O2.ClH/c1-2-13-10(17)15-11(5-3-4-6-11)9(16)14-8-7-12;/h2-8,12H2,1H3,(H,14,16)(H2,13,15,17);1H. The Bertz CT molecular complexity index is 280. The van der Waals surface area contributed by atoms with Gasteiger partial charge < -0.3 is 21.7 Å². The Labute approximate surface area is 114 Å². The van der Waals surface area contributed by atoms with Crippen LogP contribution in [0.2, 0.25) is 0 Å². The molecule has 1 saturated carbocycles. The van der Waals surface area contributed by atoms with Crippen LogP contribution in [0.4, 0.5) is 4.79 Å². The van der Waals surface area contributed by atoms with E-state index in [0.717, 1.165) is 12.8 Å². The van der Waals surface area contributed by atoms with Crippen molar-refractivity contribution < 1.29 is 9.59 Å². The zero-order valence-corrected chi connectivity index (χ0v) is 11.6. The van der Waals surface area contributed by atoms with E-state index >= 15 is 0 Å². The molecule has 0 atom stereocenters. The first kappa shape index (κ1) is 17.0. The number of nitrogens with one attached hydrogen (secondary N) is 3. The van der Waals surface area contributed by atoms with Gasteiger partial charge in [-0.15, -0.1) is 12.4 Å².